The average molecular weight is 515 g/mol. The van der Waals surface area contributed by atoms with Gasteiger partial charge in [-0.2, -0.15) is 4.31 Å². The van der Waals surface area contributed by atoms with E-state index in [1.54, 1.807) is 12.1 Å². The van der Waals surface area contributed by atoms with Gasteiger partial charge in [-0.1, -0.05) is 26.0 Å². The summed E-state index contributed by atoms with van der Waals surface area (Å²) >= 11 is 4.55. The second kappa shape index (κ2) is 10.4. The maximum absolute atomic E-state index is 12.8. The Labute approximate surface area is 191 Å². The van der Waals surface area contributed by atoms with E-state index < -0.39 is 10.0 Å². The van der Waals surface area contributed by atoms with Gasteiger partial charge in [-0.05, 0) is 71.1 Å². The lowest BCUT2D eigenvalue weighted by Gasteiger charge is -2.21. The van der Waals surface area contributed by atoms with Crippen molar-refractivity contribution in [2.24, 2.45) is 0 Å². The second-order valence-electron chi connectivity index (χ2n) is 7.57. The Hall–Kier alpha value is -1.26. The molecule has 1 amide bonds. The number of halogens is 1. The van der Waals surface area contributed by atoms with Crippen LogP contribution in [-0.4, -0.2) is 56.3 Å². The van der Waals surface area contributed by atoms with Crippen LogP contribution in [0.25, 0.3) is 0 Å². The maximum Gasteiger partial charge on any atom is 0.252 e. The van der Waals surface area contributed by atoms with Crippen molar-refractivity contribution in [3.05, 3.63) is 45.7 Å². The van der Waals surface area contributed by atoms with Gasteiger partial charge in [0.1, 0.15) is 4.21 Å². The summed E-state index contributed by atoms with van der Waals surface area (Å²) in [5.74, 6) is 0.422. The van der Waals surface area contributed by atoms with Gasteiger partial charge in [0.2, 0.25) is 5.91 Å². The Morgan fingerprint density at radius 1 is 1.13 bits per heavy atom. The van der Waals surface area contributed by atoms with Gasteiger partial charge in [-0.25, -0.2) is 8.42 Å². The summed E-state index contributed by atoms with van der Waals surface area (Å²) in [6.45, 7) is 6.68. The molecule has 1 saturated heterocycles. The van der Waals surface area contributed by atoms with Crippen LogP contribution in [0.4, 0.5) is 5.69 Å². The number of carbonyl (C=O) groups is 1. The zero-order valence-corrected chi connectivity index (χ0v) is 20.5. The number of sulfonamides is 1. The highest BCUT2D eigenvalue weighted by Crippen LogP contribution is 2.29. The first-order valence-corrected chi connectivity index (χ1v) is 13.2. The van der Waals surface area contributed by atoms with Crippen molar-refractivity contribution in [1.29, 1.82) is 0 Å². The minimum Gasteiger partial charge on any atom is -0.325 e. The van der Waals surface area contributed by atoms with Crippen LogP contribution < -0.4 is 5.32 Å². The van der Waals surface area contributed by atoms with Crippen LogP contribution >= 0.6 is 27.3 Å². The molecule has 0 spiro atoms. The number of rotatable bonds is 7. The Morgan fingerprint density at radius 3 is 2.50 bits per heavy atom. The summed E-state index contributed by atoms with van der Waals surface area (Å²) in [5, 5.41) is 2.95. The van der Waals surface area contributed by atoms with Crippen LogP contribution in [0.1, 0.15) is 38.2 Å². The molecule has 164 valence electrons. The Kier molecular flexibility index (Phi) is 8.09. The van der Waals surface area contributed by atoms with Crippen molar-refractivity contribution in [1.82, 2.24) is 9.21 Å². The van der Waals surface area contributed by atoms with Gasteiger partial charge in [-0.3, -0.25) is 9.69 Å². The maximum atomic E-state index is 12.8. The molecule has 1 aliphatic rings. The molecule has 6 nitrogen and oxygen atoms in total. The number of amides is 1. The summed E-state index contributed by atoms with van der Waals surface area (Å²) in [7, 11) is -3.48. The number of thiophene rings is 1. The normalized spacial score (nSPS) is 17.4. The lowest BCUT2D eigenvalue weighted by Crippen LogP contribution is -2.37. The van der Waals surface area contributed by atoms with Gasteiger partial charge < -0.3 is 5.32 Å². The van der Waals surface area contributed by atoms with E-state index in [4.69, 9.17) is 0 Å². The monoisotopic (exact) mass is 513 g/mol. The van der Waals surface area contributed by atoms with Crippen molar-refractivity contribution < 1.29 is 13.2 Å². The van der Waals surface area contributed by atoms with Gasteiger partial charge in [0.25, 0.3) is 10.0 Å². The molecule has 0 unspecified atom stereocenters. The number of carbonyl (C=O) groups excluding carboxylic acids is 1. The Balaban J connectivity index is 1.54. The molecule has 1 N–H and O–H groups in total. The number of benzene rings is 1. The van der Waals surface area contributed by atoms with Crippen LogP contribution in [0.2, 0.25) is 0 Å². The minimum atomic E-state index is -3.48. The summed E-state index contributed by atoms with van der Waals surface area (Å²) in [6, 6.07) is 11.4. The van der Waals surface area contributed by atoms with E-state index in [1.807, 2.05) is 17.0 Å². The van der Waals surface area contributed by atoms with Gasteiger partial charge in [0, 0.05) is 25.3 Å². The molecule has 0 radical (unpaired) electrons. The Bertz CT molecular complexity index is 960. The number of anilines is 1. The topological polar surface area (TPSA) is 69.7 Å². The van der Waals surface area contributed by atoms with Crippen LogP contribution in [0.3, 0.4) is 0 Å². The number of hydrogen-bond acceptors (Lipinski definition) is 5. The summed E-state index contributed by atoms with van der Waals surface area (Å²) in [5.41, 5.74) is 2.05. The predicted molar refractivity (Wildman–Crippen MR) is 126 cm³/mol. The molecule has 0 aliphatic carbocycles. The molecule has 2 heterocycles. The van der Waals surface area contributed by atoms with E-state index in [0.717, 1.165) is 15.9 Å². The fraction of sp³-hybridized carbons (Fsp3) is 0.476. The second-order valence-corrected chi connectivity index (χ2v) is 12.2. The lowest BCUT2D eigenvalue weighted by molar-refractivity contribution is -0.117. The van der Waals surface area contributed by atoms with Crippen molar-refractivity contribution in [2.45, 2.75) is 36.8 Å². The van der Waals surface area contributed by atoms with E-state index >= 15 is 0 Å². The van der Waals surface area contributed by atoms with Gasteiger partial charge >= 0.3 is 0 Å². The fourth-order valence-electron chi connectivity index (χ4n) is 3.44. The SMILES string of the molecule is CC[C@H](C)c1ccc(NC(=O)CN2CCCN(S(=O)(=O)c3ccc(Br)s3)CC2)cc1. The average Bonchev–Trinajstić information content (AvgIpc) is 3.03. The molecule has 30 heavy (non-hydrogen) atoms. The summed E-state index contributed by atoms with van der Waals surface area (Å²) in [6.07, 6.45) is 1.78. The molecule has 0 bridgehead atoms. The largest absolute Gasteiger partial charge is 0.325 e. The van der Waals surface area contributed by atoms with E-state index in [2.05, 4.69) is 47.2 Å². The van der Waals surface area contributed by atoms with Crippen LogP contribution in [0.15, 0.2) is 44.4 Å². The molecular weight excluding hydrogens is 486 g/mol. The number of hydrogen-bond donors (Lipinski definition) is 1. The third-order valence-corrected chi connectivity index (χ3v) is 9.42. The molecule has 1 aliphatic heterocycles. The van der Waals surface area contributed by atoms with Gasteiger partial charge in [0.15, 0.2) is 0 Å². The van der Waals surface area contributed by atoms with Crippen LogP contribution in [-0.2, 0) is 14.8 Å². The molecule has 9 heteroatoms. The van der Waals surface area contributed by atoms with E-state index in [9.17, 15) is 13.2 Å². The zero-order valence-electron chi connectivity index (χ0n) is 17.3. The molecule has 2 aromatic rings. The quantitative estimate of drug-likeness (QED) is 0.596. The standard InChI is InChI=1S/C21H28BrN3O3S2/c1-3-16(2)17-5-7-18(8-6-17)23-20(26)15-24-11-4-12-25(14-13-24)30(27,28)21-10-9-19(22)29-21/h5-10,16H,3-4,11-15H2,1-2H3,(H,23,26)/t16-/m0/s1. The minimum absolute atomic E-state index is 0.0789. The molecule has 3 rings (SSSR count). The summed E-state index contributed by atoms with van der Waals surface area (Å²) in [4.78, 5) is 14.5. The molecule has 1 fully saturated rings. The van der Waals surface area contributed by atoms with Gasteiger partial charge in [-0.15, -0.1) is 11.3 Å². The predicted octanol–water partition coefficient (Wildman–Crippen LogP) is 4.36. The van der Waals surface area contributed by atoms with Crippen molar-refractivity contribution >= 4 is 48.9 Å². The Morgan fingerprint density at radius 2 is 1.87 bits per heavy atom. The third-order valence-electron chi connectivity index (χ3n) is 5.43. The van der Waals surface area contributed by atoms with Gasteiger partial charge in [0.05, 0.1) is 10.3 Å². The molecule has 0 saturated carbocycles. The smallest absolute Gasteiger partial charge is 0.252 e. The van der Waals surface area contributed by atoms with Crippen molar-refractivity contribution in [3.63, 3.8) is 0 Å². The first kappa shape index (κ1) is 23.4. The van der Waals surface area contributed by atoms with Crippen molar-refractivity contribution in [3.8, 4) is 0 Å². The van der Waals surface area contributed by atoms with Crippen LogP contribution in [0.5, 0.6) is 0 Å². The molecule has 1 aromatic carbocycles. The lowest BCUT2D eigenvalue weighted by atomic mass is 9.99. The first-order chi connectivity index (χ1) is 14.3. The van der Waals surface area contributed by atoms with Crippen molar-refractivity contribution in [2.75, 3.05) is 38.0 Å². The van der Waals surface area contributed by atoms with Crippen LogP contribution in [0, 0.1) is 0 Å². The zero-order chi connectivity index (χ0) is 21.7. The number of nitrogens with one attached hydrogen (secondary N) is 1. The fourth-order valence-corrected chi connectivity index (χ4v) is 7.08. The summed E-state index contributed by atoms with van der Waals surface area (Å²) < 4.78 is 28.3. The highest BCUT2D eigenvalue weighted by molar-refractivity contribution is 9.11. The first-order valence-electron chi connectivity index (χ1n) is 10.2. The van der Waals surface area contributed by atoms with E-state index in [0.29, 0.717) is 42.7 Å². The molecule has 1 atom stereocenters. The number of nitrogens with zero attached hydrogens (tertiary/aromatic N) is 2. The highest BCUT2D eigenvalue weighted by Gasteiger charge is 2.28. The third kappa shape index (κ3) is 5.91. The van der Waals surface area contributed by atoms with E-state index in [-0.39, 0.29) is 12.5 Å². The molecular formula is C21H28BrN3O3S2. The highest BCUT2D eigenvalue weighted by atomic mass is 79.9. The molecule has 1 aromatic heterocycles. The van der Waals surface area contributed by atoms with E-state index in [1.165, 1.54) is 21.2 Å².